The van der Waals surface area contributed by atoms with Crippen LogP contribution in [0.1, 0.15) is 11.1 Å². The summed E-state index contributed by atoms with van der Waals surface area (Å²) in [5.74, 6) is -0.219. The van der Waals surface area contributed by atoms with E-state index in [4.69, 9.17) is 0 Å². The molecule has 0 spiro atoms. The van der Waals surface area contributed by atoms with Crippen LogP contribution in [0.5, 0.6) is 0 Å². The van der Waals surface area contributed by atoms with Gasteiger partial charge in [-0.2, -0.15) is 0 Å². The number of nitrogens with zero attached hydrogens (tertiary/aromatic N) is 4. The van der Waals surface area contributed by atoms with Crippen LogP contribution in [0.3, 0.4) is 0 Å². The molecule has 0 fully saturated rings. The molecule has 1 N–H and O–H groups in total. The largest absolute Gasteiger partial charge is 0.352 e. The topological polar surface area (TPSA) is 165 Å². The van der Waals surface area contributed by atoms with E-state index >= 15 is 0 Å². The van der Waals surface area contributed by atoms with Gasteiger partial charge in [-0.1, -0.05) is 66.7 Å². The van der Waals surface area contributed by atoms with Crippen LogP contribution < -0.4 is 9.62 Å². The molecular weight excluding hydrogens is 631 g/mol. The van der Waals surface area contributed by atoms with Crippen molar-refractivity contribution in [3.05, 3.63) is 141 Å². The first kappa shape index (κ1) is 30.4. The minimum absolute atomic E-state index is 0.0339. The van der Waals surface area contributed by atoms with Crippen LogP contribution in [0.15, 0.2) is 124 Å². The first-order chi connectivity index (χ1) is 22.1. The van der Waals surface area contributed by atoms with Gasteiger partial charge in [-0.25, -0.2) is 17.7 Å². The first-order valence-electron chi connectivity index (χ1n) is 13.8. The number of sulfonamides is 1. The van der Waals surface area contributed by atoms with E-state index in [1.165, 1.54) is 30.3 Å². The summed E-state index contributed by atoms with van der Waals surface area (Å²) >= 11 is 0.697. The van der Waals surface area contributed by atoms with E-state index in [2.05, 4.69) is 10.3 Å². The van der Waals surface area contributed by atoms with Crippen molar-refractivity contribution in [1.82, 2.24) is 5.32 Å². The van der Waals surface area contributed by atoms with Crippen molar-refractivity contribution in [2.75, 3.05) is 4.31 Å². The Morgan fingerprint density at radius 3 is 2.33 bits per heavy atom. The van der Waals surface area contributed by atoms with Crippen LogP contribution in [0.2, 0.25) is 0 Å². The summed E-state index contributed by atoms with van der Waals surface area (Å²) < 4.78 is 28.7. The van der Waals surface area contributed by atoms with Crippen molar-refractivity contribution >= 4 is 66.4 Å². The second-order valence-corrected chi connectivity index (χ2v) is 12.9. The van der Waals surface area contributed by atoms with Gasteiger partial charge < -0.3 is 5.32 Å². The zero-order valence-electron chi connectivity index (χ0n) is 23.8. The Morgan fingerprint density at radius 1 is 0.848 bits per heavy atom. The lowest BCUT2D eigenvalue weighted by atomic mass is 10.0. The number of nitro groups is 2. The van der Waals surface area contributed by atoms with Gasteiger partial charge in [-0.3, -0.25) is 25.0 Å². The predicted octanol–water partition coefficient (Wildman–Crippen LogP) is 6.50. The first-order valence-corrected chi connectivity index (χ1v) is 16.0. The Morgan fingerprint density at radius 2 is 1.57 bits per heavy atom. The molecular formula is C32H23N5O7S2. The fraction of sp³-hybridized carbons (Fsp3) is 0.0625. The maximum atomic E-state index is 13.9. The minimum Gasteiger partial charge on any atom is -0.352 e. The van der Waals surface area contributed by atoms with Crippen LogP contribution in [0.4, 0.5) is 22.7 Å². The summed E-state index contributed by atoms with van der Waals surface area (Å²) in [7, 11) is -4.23. The Hall–Kier alpha value is -5.60. The number of amides is 1. The maximum absolute atomic E-state index is 13.9. The Bertz CT molecular complexity index is 2160. The Kier molecular flexibility index (Phi) is 8.21. The van der Waals surface area contributed by atoms with Gasteiger partial charge in [0.15, 0.2) is 5.17 Å². The Labute approximate surface area is 266 Å². The number of nitro benzene ring substituents is 2. The van der Waals surface area contributed by atoms with Gasteiger partial charge in [0, 0.05) is 12.6 Å². The Balaban J connectivity index is 1.26. The average molecular weight is 654 g/mol. The molecule has 0 bridgehead atoms. The van der Waals surface area contributed by atoms with E-state index in [9.17, 15) is 33.4 Å². The standard InChI is InChI=1S/C32H23N5O7S2/c38-31(33-20-23-8-5-7-22-6-1-2-9-26(22)23)18-21-12-14-24(15-13-21)35-32(34-27-10-3-4-11-30(27)46(35,43)44)45-29-17-16-25(36(39)40)19-28(29)37(41)42/h1-17,19H,18,20H2,(H,33,38). The fourth-order valence-corrected chi connectivity index (χ4v) is 7.80. The molecule has 1 heterocycles. The van der Waals surface area contributed by atoms with Gasteiger partial charge in [0.05, 0.1) is 38.6 Å². The number of nitrogens with one attached hydrogen (secondary N) is 1. The third-order valence-electron chi connectivity index (χ3n) is 7.22. The second kappa shape index (κ2) is 12.4. The summed E-state index contributed by atoms with van der Waals surface area (Å²) in [5.41, 5.74) is 0.896. The minimum atomic E-state index is -4.23. The van der Waals surface area contributed by atoms with Crippen LogP contribution in [0, 0.1) is 20.2 Å². The molecule has 0 radical (unpaired) electrons. The molecule has 0 unspecified atom stereocenters. The lowest BCUT2D eigenvalue weighted by molar-refractivity contribution is -0.396. The number of amidine groups is 1. The van der Waals surface area contributed by atoms with E-state index in [0.29, 0.717) is 23.9 Å². The lowest BCUT2D eigenvalue weighted by Crippen LogP contribution is -2.37. The third kappa shape index (κ3) is 6.03. The number of aliphatic imine (C=N–C) groups is 1. The van der Waals surface area contributed by atoms with Crippen LogP contribution in [-0.4, -0.2) is 29.3 Å². The molecule has 0 aliphatic carbocycles. The number of anilines is 1. The number of para-hydroxylation sites is 1. The molecule has 0 saturated heterocycles. The fourth-order valence-electron chi connectivity index (χ4n) is 5.01. The molecule has 1 aliphatic rings. The highest BCUT2D eigenvalue weighted by atomic mass is 32.2. The molecule has 1 amide bonds. The zero-order chi connectivity index (χ0) is 32.4. The number of hydrogen-bond acceptors (Lipinski definition) is 9. The molecule has 46 heavy (non-hydrogen) atoms. The predicted molar refractivity (Wildman–Crippen MR) is 175 cm³/mol. The van der Waals surface area contributed by atoms with Gasteiger partial charge in [-0.15, -0.1) is 0 Å². The van der Waals surface area contributed by atoms with Crippen molar-refractivity contribution in [2.45, 2.75) is 22.8 Å². The third-order valence-corrected chi connectivity index (χ3v) is 10.1. The molecule has 5 aromatic rings. The maximum Gasteiger partial charge on any atom is 0.290 e. The van der Waals surface area contributed by atoms with Crippen molar-refractivity contribution in [3.63, 3.8) is 0 Å². The van der Waals surface area contributed by atoms with Gasteiger partial charge >= 0.3 is 0 Å². The molecule has 5 aromatic carbocycles. The van der Waals surface area contributed by atoms with Crippen LogP contribution >= 0.6 is 11.8 Å². The summed E-state index contributed by atoms with van der Waals surface area (Å²) in [4.78, 5) is 38.7. The number of thioether (sulfide) groups is 1. The number of benzene rings is 5. The van der Waals surface area contributed by atoms with E-state index in [1.807, 2.05) is 42.5 Å². The highest BCUT2D eigenvalue weighted by Gasteiger charge is 2.37. The van der Waals surface area contributed by atoms with E-state index in [1.54, 1.807) is 24.3 Å². The number of rotatable bonds is 8. The van der Waals surface area contributed by atoms with E-state index in [-0.39, 0.29) is 38.7 Å². The van der Waals surface area contributed by atoms with Gasteiger partial charge in [0.2, 0.25) is 5.91 Å². The molecule has 0 aromatic heterocycles. The number of carbonyl (C=O) groups is 1. The van der Waals surface area contributed by atoms with E-state index < -0.39 is 31.2 Å². The molecule has 14 heteroatoms. The van der Waals surface area contributed by atoms with Crippen molar-refractivity contribution in [2.24, 2.45) is 4.99 Å². The lowest BCUT2D eigenvalue weighted by Gasteiger charge is -2.29. The number of fused-ring (bicyclic) bond motifs is 2. The van der Waals surface area contributed by atoms with E-state index in [0.717, 1.165) is 32.8 Å². The van der Waals surface area contributed by atoms with Crippen LogP contribution in [-0.2, 0) is 27.8 Å². The van der Waals surface area contributed by atoms with Crippen molar-refractivity contribution in [3.8, 4) is 0 Å². The van der Waals surface area contributed by atoms with Crippen LogP contribution in [0.25, 0.3) is 10.8 Å². The zero-order valence-corrected chi connectivity index (χ0v) is 25.4. The highest BCUT2D eigenvalue weighted by Crippen LogP contribution is 2.42. The second-order valence-electron chi connectivity index (χ2n) is 10.2. The monoisotopic (exact) mass is 653 g/mol. The molecule has 0 saturated carbocycles. The number of non-ortho nitro benzene ring substituents is 1. The smallest absolute Gasteiger partial charge is 0.290 e. The van der Waals surface area contributed by atoms with Crippen molar-refractivity contribution < 1.29 is 23.1 Å². The SMILES string of the molecule is O=C(Cc1ccc(N2C(Sc3ccc([N+](=O)[O-])cc3[N+](=O)[O-])=Nc3ccccc3S2(=O)=O)cc1)NCc1cccc2ccccc12. The molecule has 1 aliphatic heterocycles. The highest BCUT2D eigenvalue weighted by molar-refractivity contribution is 8.16. The molecule has 0 atom stereocenters. The van der Waals surface area contributed by atoms with Gasteiger partial charge in [0.1, 0.15) is 4.90 Å². The average Bonchev–Trinajstić information content (AvgIpc) is 3.04. The van der Waals surface area contributed by atoms with Gasteiger partial charge in [-0.05, 0) is 64.0 Å². The normalized spacial score (nSPS) is 13.5. The summed E-state index contributed by atoms with van der Waals surface area (Å²) in [5, 5.41) is 28.0. The van der Waals surface area contributed by atoms with Gasteiger partial charge in [0.25, 0.3) is 21.4 Å². The molecule has 12 nitrogen and oxygen atoms in total. The summed E-state index contributed by atoms with van der Waals surface area (Å²) in [6.45, 7) is 0.343. The number of carbonyl (C=O) groups excluding carboxylic acids is 1. The van der Waals surface area contributed by atoms with Crippen molar-refractivity contribution in [1.29, 1.82) is 0 Å². The molecule has 6 rings (SSSR count). The quantitative estimate of drug-likeness (QED) is 0.146. The summed E-state index contributed by atoms with van der Waals surface area (Å²) in [6, 6.07) is 29.3. The number of hydrogen-bond donors (Lipinski definition) is 1. The molecule has 230 valence electrons. The summed E-state index contributed by atoms with van der Waals surface area (Å²) in [6.07, 6.45) is 0.0469.